The summed E-state index contributed by atoms with van der Waals surface area (Å²) in [4.78, 5) is 24.5. The van der Waals surface area contributed by atoms with E-state index in [1.54, 1.807) is 65.2 Å². The highest BCUT2D eigenvalue weighted by atomic mass is 35.5. The number of thioether (sulfide) groups is 1. The number of carbonyl (C=O) groups excluding carboxylic acids is 2. The molecule has 1 aromatic heterocycles. The van der Waals surface area contributed by atoms with E-state index in [0.717, 1.165) is 11.8 Å². The highest BCUT2D eigenvalue weighted by Crippen LogP contribution is 2.33. The molecule has 0 atom stereocenters. The molecule has 1 aliphatic rings. The van der Waals surface area contributed by atoms with Crippen molar-refractivity contribution in [1.29, 1.82) is 0 Å². The Balaban J connectivity index is 1.46. The van der Waals surface area contributed by atoms with Gasteiger partial charge >= 0.3 is 0 Å². The number of para-hydroxylation sites is 1. The molecule has 3 aromatic carbocycles. The van der Waals surface area contributed by atoms with Crippen molar-refractivity contribution < 1.29 is 18.7 Å². The van der Waals surface area contributed by atoms with Crippen LogP contribution in [0.1, 0.15) is 10.4 Å². The van der Waals surface area contributed by atoms with Gasteiger partial charge in [0, 0.05) is 11.1 Å². The third-order valence-corrected chi connectivity index (χ3v) is 6.37. The number of nitrogens with one attached hydrogen (secondary N) is 1. The summed E-state index contributed by atoms with van der Waals surface area (Å²) < 4.78 is 21.6. The Kier molecular flexibility index (Phi) is 6.04. The number of ether oxygens (including phenoxy) is 1. The van der Waals surface area contributed by atoms with Crippen LogP contribution in [0.3, 0.4) is 0 Å². The van der Waals surface area contributed by atoms with Crippen LogP contribution in [0.5, 0.6) is 5.75 Å². The van der Waals surface area contributed by atoms with Gasteiger partial charge < -0.3 is 10.1 Å². The lowest BCUT2D eigenvalue weighted by Crippen LogP contribution is -2.25. The first kappa shape index (κ1) is 22.1. The van der Waals surface area contributed by atoms with Gasteiger partial charge in [-0.15, -0.1) is 10.2 Å². The molecule has 0 unspecified atom stereocenters. The van der Waals surface area contributed by atoms with Gasteiger partial charge in [0.2, 0.25) is 0 Å². The number of fused-ring (bicyclic) bond motifs is 1. The van der Waals surface area contributed by atoms with Crippen molar-refractivity contribution in [3.05, 3.63) is 83.1 Å². The predicted octanol–water partition coefficient (Wildman–Crippen LogP) is 5.03. The molecular weight excluding hydrogens is 479 g/mol. The van der Waals surface area contributed by atoms with Crippen LogP contribution < -0.4 is 10.1 Å². The highest BCUT2D eigenvalue weighted by Gasteiger charge is 2.22. The van der Waals surface area contributed by atoms with E-state index in [0.29, 0.717) is 38.6 Å². The van der Waals surface area contributed by atoms with Gasteiger partial charge in [-0.3, -0.25) is 14.2 Å². The molecule has 0 fully saturated rings. The summed E-state index contributed by atoms with van der Waals surface area (Å²) in [6.07, 6.45) is 0. The van der Waals surface area contributed by atoms with Crippen molar-refractivity contribution in [1.82, 2.24) is 14.8 Å². The first-order valence-electron chi connectivity index (χ1n) is 10.2. The van der Waals surface area contributed by atoms with Gasteiger partial charge in [0.25, 0.3) is 5.91 Å². The minimum atomic E-state index is -0.464. The Morgan fingerprint density at radius 1 is 1.12 bits per heavy atom. The molecule has 0 spiro atoms. The van der Waals surface area contributed by atoms with E-state index in [4.69, 9.17) is 16.3 Å². The molecule has 0 radical (unpaired) electrons. The Labute approximate surface area is 202 Å². The molecule has 0 aliphatic carbocycles. The Bertz CT molecular complexity index is 1430. The number of ketones is 1. The maximum Gasteiger partial charge on any atom is 0.262 e. The summed E-state index contributed by atoms with van der Waals surface area (Å²) in [6, 6.07) is 18.2. The second-order valence-electron chi connectivity index (χ2n) is 7.33. The Hall–Kier alpha value is -3.69. The number of anilines is 1. The number of aromatic nitrogens is 3. The van der Waals surface area contributed by atoms with Crippen LogP contribution in [0, 0.1) is 5.82 Å². The van der Waals surface area contributed by atoms with E-state index in [1.165, 1.54) is 6.07 Å². The van der Waals surface area contributed by atoms with Crippen LogP contribution >= 0.6 is 23.4 Å². The van der Waals surface area contributed by atoms with Crippen LogP contribution in [-0.2, 0) is 4.79 Å². The van der Waals surface area contributed by atoms with Crippen molar-refractivity contribution in [3.8, 4) is 22.8 Å². The third kappa shape index (κ3) is 4.27. The molecule has 34 heavy (non-hydrogen) atoms. The summed E-state index contributed by atoms with van der Waals surface area (Å²) in [5, 5.41) is 11.9. The van der Waals surface area contributed by atoms with Crippen LogP contribution in [0.25, 0.3) is 17.1 Å². The Morgan fingerprint density at radius 2 is 1.91 bits per heavy atom. The number of hydrogen-bond acceptors (Lipinski definition) is 6. The van der Waals surface area contributed by atoms with Gasteiger partial charge in [0.05, 0.1) is 22.2 Å². The van der Waals surface area contributed by atoms with E-state index < -0.39 is 5.82 Å². The zero-order valence-corrected chi connectivity index (χ0v) is 19.1. The van der Waals surface area contributed by atoms with Crippen molar-refractivity contribution >= 4 is 40.7 Å². The lowest BCUT2D eigenvalue weighted by molar-refractivity contribution is -0.118. The van der Waals surface area contributed by atoms with Crippen LogP contribution in [-0.4, -0.2) is 38.8 Å². The summed E-state index contributed by atoms with van der Waals surface area (Å²) >= 11 is 7.49. The molecule has 1 amide bonds. The van der Waals surface area contributed by atoms with Crippen molar-refractivity contribution in [2.45, 2.75) is 5.16 Å². The molecule has 2 heterocycles. The summed E-state index contributed by atoms with van der Waals surface area (Å²) in [5.74, 6) is -0.0598. The molecule has 1 aliphatic heterocycles. The monoisotopic (exact) mass is 494 g/mol. The average molecular weight is 495 g/mol. The average Bonchev–Trinajstić information content (AvgIpc) is 3.26. The minimum absolute atomic E-state index is 0.0166. The van der Waals surface area contributed by atoms with Gasteiger partial charge in [-0.05, 0) is 42.5 Å². The fourth-order valence-electron chi connectivity index (χ4n) is 3.50. The molecule has 5 rings (SSSR count). The largest absolute Gasteiger partial charge is 0.482 e. The fraction of sp³-hybridized carbons (Fsp3) is 0.0833. The normalized spacial score (nSPS) is 12.6. The lowest BCUT2D eigenvalue weighted by atomic mass is 10.1. The van der Waals surface area contributed by atoms with E-state index in [9.17, 15) is 14.0 Å². The van der Waals surface area contributed by atoms with Crippen LogP contribution in [0.2, 0.25) is 5.02 Å². The Morgan fingerprint density at radius 3 is 2.74 bits per heavy atom. The molecule has 0 saturated heterocycles. The molecule has 170 valence electrons. The van der Waals surface area contributed by atoms with E-state index in [1.807, 2.05) is 0 Å². The maximum absolute atomic E-state index is 14.8. The summed E-state index contributed by atoms with van der Waals surface area (Å²) in [5.41, 5.74) is 1.68. The predicted molar refractivity (Wildman–Crippen MR) is 127 cm³/mol. The number of carbonyl (C=O) groups is 2. The van der Waals surface area contributed by atoms with Gasteiger partial charge in [-0.25, -0.2) is 4.39 Å². The van der Waals surface area contributed by atoms with E-state index >= 15 is 0 Å². The molecular formula is C24H16ClFN4O3S. The smallest absolute Gasteiger partial charge is 0.262 e. The molecule has 4 aromatic rings. The number of halogens is 2. The molecule has 0 bridgehead atoms. The second kappa shape index (κ2) is 9.28. The third-order valence-electron chi connectivity index (χ3n) is 5.11. The maximum atomic E-state index is 14.8. The van der Waals surface area contributed by atoms with Crippen molar-refractivity contribution in [3.63, 3.8) is 0 Å². The van der Waals surface area contributed by atoms with Gasteiger partial charge in [0.1, 0.15) is 11.6 Å². The van der Waals surface area contributed by atoms with E-state index in [-0.39, 0.29) is 29.7 Å². The molecule has 0 saturated carbocycles. The SMILES string of the molecule is O=C1COc2ccc(C(=O)CSc3nnc(-c4ccccc4Cl)n3-c3ccccc3F)cc2N1. The van der Waals surface area contributed by atoms with Crippen molar-refractivity contribution in [2.75, 3.05) is 17.7 Å². The fourth-order valence-corrected chi connectivity index (χ4v) is 4.56. The zero-order valence-electron chi connectivity index (χ0n) is 17.5. The first-order chi connectivity index (χ1) is 16.5. The number of benzene rings is 3. The number of Topliss-reactive ketones (excluding diaryl/α,β-unsaturated/α-hetero) is 1. The zero-order chi connectivity index (χ0) is 23.7. The number of amides is 1. The molecule has 1 N–H and O–H groups in total. The molecule has 7 nitrogen and oxygen atoms in total. The standard InChI is InChI=1S/C24H16ClFN4O3S/c25-16-6-2-1-5-15(16)23-28-29-24(30(23)19-8-4-3-7-17(19)26)34-13-20(31)14-9-10-21-18(11-14)27-22(32)12-33-21/h1-11H,12-13H2,(H,27,32). The second-order valence-corrected chi connectivity index (χ2v) is 8.68. The van der Waals surface area contributed by atoms with Crippen LogP contribution in [0.15, 0.2) is 71.9 Å². The quantitative estimate of drug-likeness (QED) is 0.299. The summed E-state index contributed by atoms with van der Waals surface area (Å²) in [7, 11) is 0. The van der Waals surface area contributed by atoms with Gasteiger partial charge in [-0.2, -0.15) is 0 Å². The molecule has 10 heteroatoms. The number of hydrogen-bond donors (Lipinski definition) is 1. The van der Waals surface area contributed by atoms with E-state index in [2.05, 4.69) is 15.5 Å². The number of rotatable bonds is 6. The lowest BCUT2D eigenvalue weighted by Gasteiger charge is -2.18. The van der Waals surface area contributed by atoms with Gasteiger partial charge in [0.15, 0.2) is 23.4 Å². The topological polar surface area (TPSA) is 86.1 Å². The number of nitrogens with zero attached hydrogens (tertiary/aromatic N) is 3. The van der Waals surface area contributed by atoms with Gasteiger partial charge in [-0.1, -0.05) is 47.6 Å². The first-order valence-corrected chi connectivity index (χ1v) is 11.6. The summed E-state index contributed by atoms with van der Waals surface area (Å²) in [6.45, 7) is -0.0599. The highest BCUT2D eigenvalue weighted by molar-refractivity contribution is 7.99. The van der Waals surface area contributed by atoms with Crippen LogP contribution in [0.4, 0.5) is 10.1 Å². The minimum Gasteiger partial charge on any atom is -0.482 e. The van der Waals surface area contributed by atoms with Crippen molar-refractivity contribution in [2.24, 2.45) is 0 Å².